The fourth-order valence-corrected chi connectivity index (χ4v) is 3.53. The number of amides is 2. The third-order valence-electron chi connectivity index (χ3n) is 5.19. The molecule has 5 heteroatoms. The summed E-state index contributed by atoms with van der Waals surface area (Å²) in [6.07, 6.45) is 1.10. The number of fused-ring (bicyclic) bond motifs is 1. The van der Waals surface area contributed by atoms with Crippen molar-refractivity contribution in [2.45, 2.75) is 26.3 Å². The van der Waals surface area contributed by atoms with Gasteiger partial charge in [0, 0.05) is 13.0 Å². The van der Waals surface area contributed by atoms with Crippen LogP contribution in [0, 0.1) is 6.92 Å². The molecule has 0 radical (unpaired) electrons. The maximum Gasteiger partial charge on any atom is 0.257 e. The molecule has 0 bridgehead atoms. The minimum absolute atomic E-state index is 0.0574. The number of nitrogens with one attached hydrogen (secondary N) is 3. The maximum atomic E-state index is 13.0. The van der Waals surface area contributed by atoms with Gasteiger partial charge in [0.1, 0.15) is 0 Å². The summed E-state index contributed by atoms with van der Waals surface area (Å²) in [5, 5.41) is 9.25. The van der Waals surface area contributed by atoms with Gasteiger partial charge in [-0.25, -0.2) is 0 Å². The Balaban J connectivity index is 1.54. The van der Waals surface area contributed by atoms with Crippen molar-refractivity contribution < 1.29 is 9.59 Å². The first-order valence-electron chi connectivity index (χ1n) is 9.72. The number of carbonyl (C=O) groups is 2. The predicted molar refractivity (Wildman–Crippen MR) is 116 cm³/mol. The molecule has 0 atom stereocenters. The SMILES string of the molecule is Cc1ccccc1CNc1ccccc1NC(=O)c1cccc2c1NC(=O)CC2. The molecule has 2 amide bonds. The summed E-state index contributed by atoms with van der Waals surface area (Å²) < 4.78 is 0. The number of para-hydroxylation sites is 3. The lowest BCUT2D eigenvalue weighted by molar-refractivity contribution is -0.116. The largest absolute Gasteiger partial charge is 0.379 e. The Kier molecular flexibility index (Phi) is 5.29. The monoisotopic (exact) mass is 385 g/mol. The molecule has 0 spiro atoms. The zero-order valence-corrected chi connectivity index (χ0v) is 16.3. The second-order valence-corrected chi connectivity index (χ2v) is 7.17. The molecule has 3 N–H and O–H groups in total. The molecule has 3 aromatic rings. The van der Waals surface area contributed by atoms with Gasteiger partial charge < -0.3 is 16.0 Å². The first kappa shape index (κ1) is 18.7. The Labute approximate surface area is 170 Å². The van der Waals surface area contributed by atoms with Crippen molar-refractivity contribution in [3.05, 3.63) is 89.0 Å². The zero-order chi connectivity index (χ0) is 20.2. The van der Waals surface area contributed by atoms with E-state index in [1.54, 1.807) is 6.07 Å². The van der Waals surface area contributed by atoms with Crippen molar-refractivity contribution in [2.75, 3.05) is 16.0 Å². The van der Waals surface area contributed by atoms with E-state index in [1.165, 1.54) is 11.1 Å². The summed E-state index contributed by atoms with van der Waals surface area (Å²) >= 11 is 0. The van der Waals surface area contributed by atoms with Gasteiger partial charge in [-0.15, -0.1) is 0 Å². The van der Waals surface area contributed by atoms with Gasteiger partial charge in [-0.1, -0.05) is 48.5 Å². The van der Waals surface area contributed by atoms with Gasteiger partial charge in [-0.2, -0.15) is 0 Å². The van der Waals surface area contributed by atoms with Crippen LogP contribution in [-0.4, -0.2) is 11.8 Å². The van der Waals surface area contributed by atoms with Crippen molar-refractivity contribution in [1.29, 1.82) is 0 Å². The third kappa shape index (κ3) is 4.14. The summed E-state index contributed by atoms with van der Waals surface area (Å²) in [5.41, 5.74) is 6.05. The highest BCUT2D eigenvalue weighted by molar-refractivity contribution is 6.12. The Morgan fingerprint density at radius 3 is 2.52 bits per heavy atom. The Bertz CT molecular complexity index is 1080. The first-order valence-corrected chi connectivity index (χ1v) is 9.72. The van der Waals surface area contributed by atoms with E-state index in [2.05, 4.69) is 35.0 Å². The van der Waals surface area contributed by atoms with Crippen LogP contribution >= 0.6 is 0 Å². The normalized spacial score (nSPS) is 12.7. The standard InChI is InChI=1S/C24H23N3O2/c1-16-7-2-3-8-18(16)15-25-20-11-4-5-12-21(20)26-24(29)19-10-6-9-17-13-14-22(28)27-23(17)19/h2-12,25H,13-15H2,1H3,(H,26,29)(H,27,28). The molecule has 0 fully saturated rings. The van der Waals surface area contributed by atoms with Crippen LogP contribution in [0.15, 0.2) is 66.7 Å². The van der Waals surface area contributed by atoms with Crippen molar-refractivity contribution in [2.24, 2.45) is 0 Å². The molecule has 1 aliphatic rings. The van der Waals surface area contributed by atoms with Gasteiger partial charge in [0.25, 0.3) is 5.91 Å². The molecule has 1 heterocycles. The maximum absolute atomic E-state index is 13.0. The molecule has 29 heavy (non-hydrogen) atoms. The predicted octanol–water partition coefficient (Wildman–Crippen LogP) is 4.74. The molecular formula is C24H23N3O2. The third-order valence-corrected chi connectivity index (χ3v) is 5.19. The highest BCUT2D eigenvalue weighted by atomic mass is 16.2. The van der Waals surface area contributed by atoms with Crippen molar-refractivity contribution >= 4 is 28.9 Å². The topological polar surface area (TPSA) is 70.2 Å². The highest BCUT2D eigenvalue weighted by Crippen LogP contribution is 2.29. The van der Waals surface area contributed by atoms with Crippen LogP contribution in [0.2, 0.25) is 0 Å². The molecule has 0 aromatic heterocycles. The molecular weight excluding hydrogens is 362 g/mol. The summed E-state index contributed by atoms with van der Waals surface area (Å²) in [7, 11) is 0. The second-order valence-electron chi connectivity index (χ2n) is 7.17. The first-order chi connectivity index (χ1) is 14.1. The zero-order valence-electron chi connectivity index (χ0n) is 16.3. The van der Waals surface area contributed by atoms with Gasteiger partial charge in [-0.3, -0.25) is 9.59 Å². The van der Waals surface area contributed by atoms with Crippen LogP contribution in [0.3, 0.4) is 0 Å². The minimum atomic E-state index is -0.241. The Hall–Kier alpha value is -3.60. The number of aryl methyl sites for hydroxylation is 2. The lowest BCUT2D eigenvalue weighted by atomic mass is 9.98. The Morgan fingerprint density at radius 2 is 1.69 bits per heavy atom. The van der Waals surface area contributed by atoms with Gasteiger partial charge in [-0.05, 0) is 48.2 Å². The molecule has 0 saturated heterocycles. The molecule has 5 nitrogen and oxygen atoms in total. The smallest absolute Gasteiger partial charge is 0.257 e. The van der Waals surface area contributed by atoms with Crippen LogP contribution in [0.5, 0.6) is 0 Å². The van der Waals surface area contributed by atoms with Gasteiger partial charge in [0.2, 0.25) is 5.91 Å². The number of carbonyl (C=O) groups excluding carboxylic acids is 2. The molecule has 0 unspecified atom stereocenters. The molecule has 0 saturated carbocycles. The van der Waals surface area contributed by atoms with Crippen LogP contribution in [-0.2, 0) is 17.8 Å². The fraction of sp³-hybridized carbons (Fsp3) is 0.167. The van der Waals surface area contributed by atoms with Crippen LogP contribution in [0.4, 0.5) is 17.1 Å². The van der Waals surface area contributed by atoms with E-state index in [-0.39, 0.29) is 11.8 Å². The van der Waals surface area contributed by atoms with E-state index < -0.39 is 0 Å². The van der Waals surface area contributed by atoms with Crippen molar-refractivity contribution in [3.63, 3.8) is 0 Å². The van der Waals surface area contributed by atoms with Gasteiger partial charge in [0.05, 0.1) is 22.6 Å². The molecule has 3 aromatic carbocycles. The number of anilines is 3. The number of hydrogen-bond acceptors (Lipinski definition) is 3. The van der Waals surface area contributed by atoms with E-state index >= 15 is 0 Å². The molecule has 1 aliphatic heterocycles. The minimum Gasteiger partial charge on any atom is -0.379 e. The Morgan fingerprint density at radius 1 is 0.931 bits per heavy atom. The van der Waals surface area contributed by atoms with E-state index in [4.69, 9.17) is 0 Å². The van der Waals surface area contributed by atoms with Crippen LogP contribution < -0.4 is 16.0 Å². The second kappa shape index (κ2) is 8.19. The molecule has 4 rings (SSSR count). The van der Waals surface area contributed by atoms with E-state index in [1.807, 2.05) is 48.5 Å². The van der Waals surface area contributed by atoms with Crippen molar-refractivity contribution in [3.8, 4) is 0 Å². The number of rotatable bonds is 5. The quantitative estimate of drug-likeness (QED) is 0.594. The summed E-state index contributed by atoms with van der Waals surface area (Å²) in [5.74, 6) is -0.299. The number of hydrogen-bond donors (Lipinski definition) is 3. The van der Waals surface area contributed by atoms with Crippen molar-refractivity contribution in [1.82, 2.24) is 0 Å². The fourth-order valence-electron chi connectivity index (χ4n) is 3.53. The van der Waals surface area contributed by atoms with Gasteiger partial charge >= 0.3 is 0 Å². The van der Waals surface area contributed by atoms with Crippen LogP contribution in [0.1, 0.15) is 33.5 Å². The van der Waals surface area contributed by atoms with E-state index in [0.29, 0.717) is 36.3 Å². The lowest BCUT2D eigenvalue weighted by Crippen LogP contribution is -2.23. The average molecular weight is 385 g/mol. The summed E-state index contributed by atoms with van der Waals surface area (Å²) in [4.78, 5) is 24.8. The molecule has 0 aliphatic carbocycles. The average Bonchev–Trinajstić information content (AvgIpc) is 2.73. The van der Waals surface area contributed by atoms with Gasteiger partial charge in [0.15, 0.2) is 0 Å². The molecule has 146 valence electrons. The number of benzene rings is 3. The van der Waals surface area contributed by atoms with Crippen LogP contribution in [0.25, 0.3) is 0 Å². The highest BCUT2D eigenvalue weighted by Gasteiger charge is 2.21. The lowest BCUT2D eigenvalue weighted by Gasteiger charge is -2.20. The summed E-state index contributed by atoms with van der Waals surface area (Å²) in [6, 6.07) is 21.4. The summed E-state index contributed by atoms with van der Waals surface area (Å²) in [6.45, 7) is 2.74. The van der Waals surface area contributed by atoms with E-state index in [9.17, 15) is 9.59 Å². The van der Waals surface area contributed by atoms with E-state index in [0.717, 1.165) is 11.3 Å².